The van der Waals surface area contributed by atoms with Gasteiger partial charge in [-0.3, -0.25) is 10.2 Å². The van der Waals surface area contributed by atoms with E-state index in [2.05, 4.69) is 62.1 Å². The maximum absolute atomic E-state index is 6.73. The third kappa shape index (κ3) is 6.82. The monoisotopic (exact) mass is 678 g/mol. The van der Waals surface area contributed by atoms with Crippen molar-refractivity contribution in [1.82, 2.24) is 0 Å². The van der Waals surface area contributed by atoms with E-state index in [4.69, 9.17) is 27.6 Å². The Kier molecular flexibility index (Phi) is 8.96. The normalized spacial score (nSPS) is 15.0. The highest BCUT2D eigenvalue weighted by molar-refractivity contribution is 7.59. The number of hydrogen-bond acceptors (Lipinski definition) is 6. The van der Waals surface area contributed by atoms with Gasteiger partial charge in [0.05, 0.1) is 0 Å². The number of rotatable bonds is 8. The van der Waals surface area contributed by atoms with Gasteiger partial charge < -0.3 is 18.1 Å². The van der Waals surface area contributed by atoms with E-state index >= 15 is 0 Å². The molecule has 0 spiro atoms. The number of nitrogens with one attached hydrogen (secondary N) is 2. The number of benzene rings is 5. The van der Waals surface area contributed by atoms with Crippen LogP contribution in [0.4, 0.5) is 11.4 Å². The Morgan fingerprint density at radius 2 is 0.708 bits per heavy atom. The molecule has 0 radical (unpaired) electrons. The zero-order valence-electron chi connectivity index (χ0n) is 27.5. The van der Waals surface area contributed by atoms with Gasteiger partial charge in [-0.15, -0.1) is 0 Å². The second kappa shape index (κ2) is 13.5. The highest BCUT2D eigenvalue weighted by Crippen LogP contribution is 2.59. The van der Waals surface area contributed by atoms with E-state index in [1.54, 1.807) is 0 Å². The highest BCUT2D eigenvalue weighted by atomic mass is 31.2. The molecule has 48 heavy (non-hydrogen) atoms. The molecular formula is C38H40N4O4P2. The van der Waals surface area contributed by atoms with Gasteiger partial charge in [0.25, 0.3) is 0 Å². The summed E-state index contributed by atoms with van der Waals surface area (Å²) in [4.78, 5) is 0. The second-order valence-electron chi connectivity index (χ2n) is 12.6. The predicted octanol–water partition coefficient (Wildman–Crippen LogP) is 12.0. The molecule has 5 aromatic carbocycles. The van der Waals surface area contributed by atoms with E-state index in [-0.39, 0.29) is 0 Å². The average molecular weight is 679 g/mol. The summed E-state index contributed by atoms with van der Waals surface area (Å²) in [5.74, 6) is 3.57. The largest absolute Gasteiger partial charge is 0.422 e. The van der Waals surface area contributed by atoms with Crippen molar-refractivity contribution in [2.24, 2.45) is 21.3 Å². The number of para-hydroxylation sites is 4. The van der Waals surface area contributed by atoms with E-state index in [0.717, 1.165) is 56.6 Å². The zero-order valence-corrected chi connectivity index (χ0v) is 29.3. The molecule has 5 aromatic rings. The zero-order chi connectivity index (χ0) is 33.1. The minimum absolute atomic E-state index is 0.320. The summed E-state index contributed by atoms with van der Waals surface area (Å²) in [5, 5.41) is 7.17. The maximum Gasteiger partial charge on any atom is 0.422 e. The first kappa shape index (κ1) is 31.9. The Balaban J connectivity index is 1.23. The van der Waals surface area contributed by atoms with E-state index in [9.17, 15) is 0 Å². The van der Waals surface area contributed by atoms with E-state index < -0.39 is 15.3 Å². The molecule has 2 aliphatic rings. The van der Waals surface area contributed by atoms with Crippen LogP contribution in [0.3, 0.4) is 0 Å². The van der Waals surface area contributed by atoms with Crippen LogP contribution in [0.25, 0.3) is 22.3 Å². The van der Waals surface area contributed by atoms with E-state index in [0.29, 0.717) is 24.9 Å². The lowest BCUT2D eigenvalue weighted by Gasteiger charge is -2.27. The molecule has 7 rings (SSSR count). The Morgan fingerprint density at radius 1 is 0.438 bits per heavy atom. The van der Waals surface area contributed by atoms with Crippen molar-refractivity contribution < 1.29 is 18.1 Å². The Labute approximate surface area is 283 Å². The molecule has 0 atom stereocenters. The van der Waals surface area contributed by atoms with Crippen LogP contribution >= 0.6 is 15.3 Å². The maximum atomic E-state index is 6.73. The lowest BCUT2D eigenvalue weighted by molar-refractivity contribution is 0.483. The van der Waals surface area contributed by atoms with Gasteiger partial charge in [-0.25, -0.2) is 9.49 Å². The summed E-state index contributed by atoms with van der Waals surface area (Å²) in [7, 11) is -6.09. The first-order valence-electron chi connectivity index (χ1n) is 16.3. The molecule has 2 N–H and O–H groups in total. The average Bonchev–Trinajstić information content (AvgIpc) is 3.32. The van der Waals surface area contributed by atoms with Crippen molar-refractivity contribution in [3.8, 4) is 45.3 Å². The van der Waals surface area contributed by atoms with Crippen LogP contribution in [0.5, 0.6) is 23.0 Å². The van der Waals surface area contributed by atoms with E-state index in [1.807, 2.05) is 97.1 Å². The fraction of sp³-hybridized carbons (Fsp3) is 0.211. The minimum atomic E-state index is -3.04. The smallest absolute Gasteiger partial charge is 0.414 e. The molecule has 0 saturated carbocycles. The van der Waals surface area contributed by atoms with E-state index in [1.165, 1.54) is 0 Å². The first-order valence-corrected chi connectivity index (χ1v) is 19.4. The molecule has 246 valence electrons. The molecule has 0 aliphatic carbocycles. The molecule has 0 bridgehead atoms. The summed E-state index contributed by atoms with van der Waals surface area (Å²) in [6.07, 6.45) is 0. The van der Waals surface area contributed by atoms with Crippen LogP contribution in [-0.4, -0.2) is 13.1 Å². The van der Waals surface area contributed by atoms with Gasteiger partial charge in [-0.2, -0.15) is 0 Å². The van der Waals surface area contributed by atoms with Gasteiger partial charge in [0, 0.05) is 46.7 Å². The lowest BCUT2D eigenvalue weighted by Crippen LogP contribution is -2.12. The minimum Gasteiger partial charge on any atom is -0.414 e. The van der Waals surface area contributed by atoms with Gasteiger partial charge >= 0.3 is 15.3 Å². The molecule has 0 unspecified atom stereocenters. The fourth-order valence-electron chi connectivity index (χ4n) is 5.41. The van der Waals surface area contributed by atoms with Crippen molar-refractivity contribution in [2.75, 3.05) is 23.3 Å². The summed E-state index contributed by atoms with van der Waals surface area (Å²) < 4.78 is 37.1. The highest BCUT2D eigenvalue weighted by Gasteiger charge is 2.34. The van der Waals surface area contributed by atoms with Gasteiger partial charge in [0.1, 0.15) is 23.0 Å². The Bertz CT molecular complexity index is 1800. The molecule has 0 fully saturated rings. The molecule has 2 heterocycles. The van der Waals surface area contributed by atoms with Crippen molar-refractivity contribution in [3.05, 3.63) is 121 Å². The standard InChI is InChI=1S/C38H40N4O4P2/c1-27(2)25-39-47(43-35-17-9-5-13-31(35)32-14-6-10-18-36(32)44-47)41-29-21-23-30(24-22-29)42-48(40-26-28(3)4)45-37-19-11-7-15-33(37)34-16-8-12-20-38(34)46-48/h5-24,27-28,41-42H,25-26H2,1-4H3. The third-order valence-corrected chi connectivity index (χ3v) is 11.6. The SMILES string of the molecule is CC(C)CN=P1(Nc2ccc(NP3(=NCC(C)C)Oc4ccccc4-c4ccccc4O3)cc2)Oc2ccccc2-c2ccccc2O1. The molecular weight excluding hydrogens is 638 g/mol. The Hall–Kier alpha value is -4.64. The molecule has 2 aliphatic heterocycles. The summed E-state index contributed by atoms with van der Waals surface area (Å²) in [6.45, 7) is 9.70. The summed E-state index contributed by atoms with van der Waals surface area (Å²) >= 11 is 0. The lowest BCUT2D eigenvalue weighted by atomic mass is 10.0. The first-order chi connectivity index (χ1) is 23.3. The van der Waals surface area contributed by atoms with Crippen molar-refractivity contribution in [2.45, 2.75) is 27.7 Å². The summed E-state index contributed by atoms with van der Waals surface area (Å²) in [5.41, 5.74) is 5.51. The molecule has 0 aromatic heterocycles. The van der Waals surface area contributed by atoms with Crippen LogP contribution in [0, 0.1) is 11.8 Å². The van der Waals surface area contributed by atoms with Gasteiger partial charge in [-0.05, 0) is 60.4 Å². The molecule has 0 saturated heterocycles. The number of nitrogens with zero attached hydrogens (tertiary/aromatic N) is 2. The topological polar surface area (TPSA) is 85.7 Å². The van der Waals surface area contributed by atoms with Crippen molar-refractivity contribution in [1.29, 1.82) is 0 Å². The second-order valence-corrected chi connectivity index (χ2v) is 16.5. The van der Waals surface area contributed by atoms with Crippen LogP contribution < -0.4 is 28.3 Å². The fourth-order valence-corrected chi connectivity index (χ4v) is 9.78. The molecule has 0 amide bonds. The van der Waals surface area contributed by atoms with Crippen LogP contribution in [0.2, 0.25) is 0 Å². The molecule has 10 heteroatoms. The molecule has 8 nitrogen and oxygen atoms in total. The van der Waals surface area contributed by atoms with Crippen LogP contribution in [-0.2, 0) is 0 Å². The Morgan fingerprint density at radius 3 is 0.979 bits per heavy atom. The predicted molar refractivity (Wildman–Crippen MR) is 198 cm³/mol. The van der Waals surface area contributed by atoms with Gasteiger partial charge in [-0.1, -0.05) is 100 Å². The van der Waals surface area contributed by atoms with Crippen LogP contribution in [0.1, 0.15) is 27.7 Å². The third-order valence-electron chi connectivity index (χ3n) is 7.71. The quantitative estimate of drug-likeness (QED) is 0.159. The van der Waals surface area contributed by atoms with Crippen molar-refractivity contribution >= 4 is 26.7 Å². The van der Waals surface area contributed by atoms with Gasteiger partial charge in [0.2, 0.25) is 0 Å². The number of hydrogen-bond donors (Lipinski definition) is 2. The van der Waals surface area contributed by atoms with Crippen molar-refractivity contribution in [3.63, 3.8) is 0 Å². The number of anilines is 2. The number of fused-ring (bicyclic) bond motifs is 6. The van der Waals surface area contributed by atoms with Gasteiger partial charge in [0.15, 0.2) is 0 Å². The van der Waals surface area contributed by atoms with Crippen LogP contribution in [0.15, 0.2) is 131 Å². The summed E-state index contributed by atoms with van der Waals surface area (Å²) in [6, 6.07) is 40.0.